The number of methoxy groups -OCH3 is 2. The molecular formula is C25H25NO5S. The van der Waals surface area contributed by atoms with Crippen LogP contribution in [0.5, 0.6) is 11.5 Å². The highest BCUT2D eigenvalue weighted by Crippen LogP contribution is 2.26. The summed E-state index contributed by atoms with van der Waals surface area (Å²) in [6.45, 7) is 0. The zero-order valence-corrected chi connectivity index (χ0v) is 18.7. The summed E-state index contributed by atoms with van der Waals surface area (Å²) < 4.78 is 10.5. The van der Waals surface area contributed by atoms with E-state index in [0.29, 0.717) is 5.75 Å². The van der Waals surface area contributed by atoms with Crippen LogP contribution in [0, 0.1) is 0 Å². The maximum atomic E-state index is 12.7. The van der Waals surface area contributed by atoms with E-state index < -0.39 is 5.97 Å². The van der Waals surface area contributed by atoms with Gasteiger partial charge >= 0.3 is 5.97 Å². The van der Waals surface area contributed by atoms with Crippen LogP contribution in [0.1, 0.15) is 33.1 Å². The number of aromatic carboxylic acids is 1. The highest BCUT2D eigenvalue weighted by atomic mass is 32.2. The maximum Gasteiger partial charge on any atom is 0.335 e. The second kappa shape index (κ2) is 11.2. The SMILES string of the molecule is COc1ccc(C(NC(=O)CSCc2cccc(C(=O)O)c2)c2ccc(OC)cc2)cc1. The Labute approximate surface area is 191 Å². The normalized spacial score (nSPS) is 10.6. The van der Waals surface area contributed by atoms with Crippen molar-refractivity contribution in [2.75, 3.05) is 20.0 Å². The van der Waals surface area contributed by atoms with Crippen molar-refractivity contribution in [2.24, 2.45) is 0 Å². The summed E-state index contributed by atoms with van der Waals surface area (Å²) in [4.78, 5) is 23.9. The standard InChI is InChI=1S/C25H25NO5S/c1-30-21-10-6-18(7-11-21)24(19-8-12-22(31-2)13-9-19)26-23(27)16-32-15-17-4-3-5-20(14-17)25(28)29/h3-14,24H,15-16H2,1-2H3,(H,26,27)(H,28,29). The molecule has 0 fully saturated rings. The largest absolute Gasteiger partial charge is 0.497 e. The molecule has 0 heterocycles. The minimum Gasteiger partial charge on any atom is -0.497 e. The topological polar surface area (TPSA) is 84.9 Å². The van der Waals surface area contributed by atoms with Gasteiger partial charge in [-0.25, -0.2) is 4.79 Å². The predicted molar refractivity (Wildman–Crippen MR) is 126 cm³/mol. The summed E-state index contributed by atoms with van der Waals surface area (Å²) in [5.41, 5.74) is 2.98. The average molecular weight is 452 g/mol. The van der Waals surface area contributed by atoms with E-state index in [1.165, 1.54) is 11.8 Å². The Kier molecular flexibility index (Phi) is 8.16. The van der Waals surface area contributed by atoms with E-state index in [4.69, 9.17) is 14.6 Å². The molecular weight excluding hydrogens is 426 g/mol. The van der Waals surface area contributed by atoms with Gasteiger partial charge in [-0.05, 0) is 53.1 Å². The molecule has 3 aromatic rings. The third kappa shape index (κ3) is 6.28. The average Bonchev–Trinajstić information content (AvgIpc) is 2.83. The quantitative estimate of drug-likeness (QED) is 0.471. The third-order valence-corrected chi connectivity index (χ3v) is 5.88. The van der Waals surface area contributed by atoms with Crippen molar-refractivity contribution in [3.8, 4) is 11.5 Å². The van der Waals surface area contributed by atoms with Crippen LogP contribution in [-0.4, -0.2) is 37.0 Å². The number of carboxylic acids is 1. The van der Waals surface area contributed by atoms with Gasteiger partial charge < -0.3 is 19.9 Å². The molecule has 6 nitrogen and oxygen atoms in total. The molecule has 0 aliphatic carbocycles. The maximum absolute atomic E-state index is 12.7. The van der Waals surface area contributed by atoms with Crippen LogP contribution in [0.2, 0.25) is 0 Å². The first-order chi connectivity index (χ1) is 15.5. The van der Waals surface area contributed by atoms with Gasteiger partial charge in [0.2, 0.25) is 5.91 Å². The number of amides is 1. The third-order valence-electron chi connectivity index (χ3n) is 4.88. The van der Waals surface area contributed by atoms with Crippen molar-refractivity contribution in [3.05, 3.63) is 95.1 Å². The highest BCUT2D eigenvalue weighted by Gasteiger charge is 2.17. The molecule has 7 heteroatoms. The Morgan fingerprint density at radius 1 is 0.906 bits per heavy atom. The van der Waals surface area contributed by atoms with Gasteiger partial charge in [0.25, 0.3) is 0 Å². The molecule has 3 rings (SSSR count). The van der Waals surface area contributed by atoms with E-state index in [1.807, 2.05) is 54.6 Å². The Morgan fingerprint density at radius 3 is 1.97 bits per heavy atom. The monoisotopic (exact) mass is 451 g/mol. The fourth-order valence-corrected chi connectivity index (χ4v) is 4.00. The Hall–Kier alpha value is -3.45. The van der Waals surface area contributed by atoms with Gasteiger partial charge in [0, 0.05) is 5.75 Å². The summed E-state index contributed by atoms with van der Waals surface area (Å²) in [7, 11) is 3.22. The zero-order valence-electron chi connectivity index (χ0n) is 17.9. The van der Waals surface area contributed by atoms with E-state index in [1.54, 1.807) is 32.4 Å². The zero-order chi connectivity index (χ0) is 22.9. The number of ether oxygens (including phenoxy) is 2. The number of hydrogen-bond acceptors (Lipinski definition) is 5. The van der Waals surface area contributed by atoms with Gasteiger partial charge in [0.1, 0.15) is 11.5 Å². The van der Waals surface area contributed by atoms with Crippen LogP contribution < -0.4 is 14.8 Å². The number of rotatable bonds is 10. The smallest absolute Gasteiger partial charge is 0.335 e. The molecule has 0 aliphatic rings. The second-order valence-electron chi connectivity index (χ2n) is 7.05. The lowest BCUT2D eigenvalue weighted by atomic mass is 9.98. The van der Waals surface area contributed by atoms with E-state index in [0.717, 1.165) is 28.2 Å². The van der Waals surface area contributed by atoms with Gasteiger partial charge in [-0.2, -0.15) is 0 Å². The minimum absolute atomic E-state index is 0.110. The van der Waals surface area contributed by atoms with Crippen LogP contribution in [-0.2, 0) is 10.5 Å². The number of nitrogens with one attached hydrogen (secondary N) is 1. The van der Waals surface area contributed by atoms with Crippen molar-refractivity contribution in [3.63, 3.8) is 0 Å². The lowest BCUT2D eigenvalue weighted by molar-refractivity contribution is -0.119. The first kappa shape index (κ1) is 23.2. The van der Waals surface area contributed by atoms with Crippen molar-refractivity contribution in [1.29, 1.82) is 0 Å². The van der Waals surface area contributed by atoms with Crippen LogP contribution in [0.4, 0.5) is 0 Å². The molecule has 166 valence electrons. The van der Waals surface area contributed by atoms with E-state index in [-0.39, 0.29) is 23.3 Å². The molecule has 2 N–H and O–H groups in total. The Morgan fingerprint density at radius 2 is 1.47 bits per heavy atom. The van der Waals surface area contributed by atoms with Gasteiger partial charge in [-0.3, -0.25) is 4.79 Å². The first-order valence-electron chi connectivity index (χ1n) is 9.97. The van der Waals surface area contributed by atoms with E-state index >= 15 is 0 Å². The highest BCUT2D eigenvalue weighted by molar-refractivity contribution is 7.99. The van der Waals surface area contributed by atoms with Crippen LogP contribution in [0.3, 0.4) is 0 Å². The molecule has 0 atom stereocenters. The number of carbonyl (C=O) groups is 2. The molecule has 1 amide bonds. The molecule has 0 bridgehead atoms. The number of thioether (sulfide) groups is 1. The van der Waals surface area contributed by atoms with Crippen molar-refractivity contribution >= 4 is 23.6 Å². The predicted octanol–water partition coefficient (Wildman–Crippen LogP) is 4.54. The molecule has 0 aromatic heterocycles. The molecule has 0 saturated carbocycles. The molecule has 0 radical (unpaired) electrons. The lowest BCUT2D eigenvalue weighted by Crippen LogP contribution is -2.30. The fourth-order valence-electron chi connectivity index (χ4n) is 3.21. The van der Waals surface area contributed by atoms with Gasteiger partial charge in [-0.15, -0.1) is 11.8 Å². The van der Waals surface area contributed by atoms with Crippen LogP contribution in [0.25, 0.3) is 0 Å². The summed E-state index contributed by atoms with van der Waals surface area (Å²) in [5.74, 6) is 1.21. The first-order valence-corrected chi connectivity index (χ1v) is 11.1. The Bertz CT molecular complexity index is 1000. The van der Waals surface area contributed by atoms with E-state index in [9.17, 15) is 9.59 Å². The van der Waals surface area contributed by atoms with E-state index in [2.05, 4.69) is 5.32 Å². The van der Waals surface area contributed by atoms with Gasteiger partial charge in [0.15, 0.2) is 0 Å². The molecule has 0 aliphatic heterocycles. The van der Waals surface area contributed by atoms with Crippen molar-refractivity contribution < 1.29 is 24.2 Å². The second-order valence-corrected chi connectivity index (χ2v) is 8.03. The summed E-state index contributed by atoms with van der Waals surface area (Å²) in [6, 6.07) is 21.6. The molecule has 0 saturated heterocycles. The molecule has 0 spiro atoms. The Balaban J connectivity index is 1.68. The van der Waals surface area contributed by atoms with Crippen molar-refractivity contribution in [1.82, 2.24) is 5.32 Å². The van der Waals surface area contributed by atoms with Crippen molar-refractivity contribution in [2.45, 2.75) is 11.8 Å². The summed E-state index contributed by atoms with van der Waals surface area (Å²) >= 11 is 1.43. The van der Waals surface area contributed by atoms with Crippen LogP contribution in [0.15, 0.2) is 72.8 Å². The fraction of sp³-hybridized carbons (Fsp3) is 0.200. The number of carbonyl (C=O) groups excluding carboxylic acids is 1. The number of carboxylic acid groups (broad SMARTS) is 1. The molecule has 32 heavy (non-hydrogen) atoms. The lowest BCUT2D eigenvalue weighted by Gasteiger charge is -2.20. The van der Waals surface area contributed by atoms with Crippen LogP contribution >= 0.6 is 11.8 Å². The molecule has 0 unspecified atom stereocenters. The number of hydrogen-bond donors (Lipinski definition) is 2. The number of benzene rings is 3. The van der Waals surface area contributed by atoms with Gasteiger partial charge in [-0.1, -0.05) is 36.4 Å². The summed E-state index contributed by atoms with van der Waals surface area (Å²) in [6.07, 6.45) is 0. The van der Waals surface area contributed by atoms with Gasteiger partial charge in [0.05, 0.1) is 31.6 Å². The summed E-state index contributed by atoms with van der Waals surface area (Å²) in [5, 5.41) is 12.2. The minimum atomic E-state index is -0.962. The molecule has 3 aromatic carbocycles.